The number of amides is 2. The van der Waals surface area contributed by atoms with Crippen LogP contribution in [0.4, 0.5) is 10.5 Å². The largest absolute Gasteiger partial charge is 0.378 e. The average Bonchev–Trinajstić information content (AvgIpc) is 2.34. The summed E-state index contributed by atoms with van der Waals surface area (Å²) in [5, 5.41) is 3.37. The number of ether oxygens (including phenoxy) is 1. The zero-order valence-electron chi connectivity index (χ0n) is 9.70. The molecule has 2 rings (SSSR count). The molecule has 2 amide bonds. The Morgan fingerprint density at radius 2 is 2.12 bits per heavy atom. The van der Waals surface area contributed by atoms with E-state index in [1.165, 1.54) is 0 Å². The van der Waals surface area contributed by atoms with Crippen LogP contribution in [0, 0.1) is 6.92 Å². The molecule has 1 aromatic rings. The Bertz CT molecular complexity index is 417. The van der Waals surface area contributed by atoms with Crippen LogP contribution in [0.2, 0.25) is 5.02 Å². The van der Waals surface area contributed by atoms with Gasteiger partial charge < -0.3 is 15.0 Å². The van der Waals surface area contributed by atoms with Crippen molar-refractivity contribution in [2.75, 3.05) is 31.6 Å². The molecule has 1 saturated heterocycles. The number of carbonyl (C=O) groups excluding carboxylic acids is 1. The molecule has 0 aliphatic carbocycles. The lowest BCUT2D eigenvalue weighted by atomic mass is 10.2. The monoisotopic (exact) mass is 254 g/mol. The van der Waals surface area contributed by atoms with Crippen molar-refractivity contribution in [1.29, 1.82) is 0 Å². The van der Waals surface area contributed by atoms with Gasteiger partial charge in [0.05, 0.1) is 23.9 Å². The first kappa shape index (κ1) is 12.2. The molecule has 17 heavy (non-hydrogen) atoms. The van der Waals surface area contributed by atoms with Crippen LogP contribution in [0.25, 0.3) is 0 Å². The minimum atomic E-state index is -0.126. The van der Waals surface area contributed by atoms with E-state index in [9.17, 15) is 4.79 Å². The van der Waals surface area contributed by atoms with E-state index in [0.29, 0.717) is 37.0 Å². The molecule has 1 aliphatic heterocycles. The number of halogens is 1. The molecule has 5 heteroatoms. The summed E-state index contributed by atoms with van der Waals surface area (Å²) in [5.41, 5.74) is 1.72. The fraction of sp³-hybridized carbons (Fsp3) is 0.417. The SMILES string of the molecule is Cc1ccc(NC(=O)N2CCOCC2)c(Cl)c1. The molecule has 1 heterocycles. The van der Waals surface area contributed by atoms with Crippen LogP contribution in [0.15, 0.2) is 18.2 Å². The highest BCUT2D eigenvalue weighted by atomic mass is 35.5. The van der Waals surface area contributed by atoms with Crippen molar-refractivity contribution in [3.05, 3.63) is 28.8 Å². The quantitative estimate of drug-likeness (QED) is 0.837. The molecule has 92 valence electrons. The van der Waals surface area contributed by atoms with Crippen LogP contribution in [0.3, 0.4) is 0 Å². The van der Waals surface area contributed by atoms with E-state index in [1.807, 2.05) is 25.1 Å². The smallest absolute Gasteiger partial charge is 0.322 e. The molecule has 0 saturated carbocycles. The van der Waals surface area contributed by atoms with E-state index < -0.39 is 0 Å². The molecule has 0 unspecified atom stereocenters. The van der Waals surface area contributed by atoms with Gasteiger partial charge in [0.15, 0.2) is 0 Å². The molecule has 1 N–H and O–H groups in total. The van der Waals surface area contributed by atoms with Crippen molar-refractivity contribution in [3.8, 4) is 0 Å². The van der Waals surface area contributed by atoms with Crippen molar-refractivity contribution < 1.29 is 9.53 Å². The molecule has 0 bridgehead atoms. The zero-order chi connectivity index (χ0) is 12.3. The highest BCUT2D eigenvalue weighted by molar-refractivity contribution is 6.33. The Morgan fingerprint density at radius 1 is 1.41 bits per heavy atom. The van der Waals surface area contributed by atoms with Gasteiger partial charge in [0.1, 0.15) is 0 Å². The minimum absolute atomic E-state index is 0.126. The van der Waals surface area contributed by atoms with Gasteiger partial charge in [-0.1, -0.05) is 17.7 Å². The highest BCUT2D eigenvalue weighted by Crippen LogP contribution is 2.23. The third-order valence-electron chi connectivity index (χ3n) is 2.66. The van der Waals surface area contributed by atoms with Gasteiger partial charge in [-0.15, -0.1) is 0 Å². The topological polar surface area (TPSA) is 41.6 Å². The number of carbonyl (C=O) groups is 1. The third kappa shape index (κ3) is 3.11. The van der Waals surface area contributed by atoms with Crippen LogP contribution >= 0.6 is 11.6 Å². The summed E-state index contributed by atoms with van der Waals surface area (Å²) in [4.78, 5) is 13.6. The fourth-order valence-corrected chi connectivity index (χ4v) is 1.96. The molecule has 0 aromatic heterocycles. The van der Waals surface area contributed by atoms with E-state index in [4.69, 9.17) is 16.3 Å². The second-order valence-electron chi connectivity index (χ2n) is 4.01. The lowest BCUT2D eigenvalue weighted by Crippen LogP contribution is -2.43. The summed E-state index contributed by atoms with van der Waals surface area (Å²) in [5.74, 6) is 0. The lowest BCUT2D eigenvalue weighted by Gasteiger charge is -2.27. The van der Waals surface area contributed by atoms with Gasteiger partial charge in [-0.25, -0.2) is 4.79 Å². The molecule has 1 aliphatic rings. The number of rotatable bonds is 1. The molecule has 4 nitrogen and oxygen atoms in total. The number of nitrogens with zero attached hydrogens (tertiary/aromatic N) is 1. The van der Waals surface area contributed by atoms with E-state index in [-0.39, 0.29) is 6.03 Å². The van der Waals surface area contributed by atoms with Gasteiger partial charge >= 0.3 is 6.03 Å². The number of hydrogen-bond acceptors (Lipinski definition) is 2. The van der Waals surface area contributed by atoms with Crippen molar-refractivity contribution in [3.63, 3.8) is 0 Å². The Morgan fingerprint density at radius 3 is 2.76 bits per heavy atom. The van der Waals surface area contributed by atoms with Crippen molar-refractivity contribution in [1.82, 2.24) is 4.90 Å². The fourth-order valence-electron chi connectivity index (χ4n) is 1.68. The summed E-state index contributed by atoms with van der Waals surface area (Å²) < 4.78 is 5.19. The van der Waals surface area contributed by atoms with Gasteiger partial charge in [0, 0.05) is 13.1 Å². The standard InChI is InChI=1S/C12H15ClN2O2/c1-9-2-3-11(10(13)8-9)14-12(16)15-4-6-17-7-5-15/h2-3,8H,4-7H2,1H3,(H,14,16). The second kappa shape index (κ2) is 5.38. The minimum Gasteiger partial charge on any atom is -0.378 e. The first-order chi connectivity index (χ1) is 8.16. The van der Waals surface area contributed by atoms with E-state index in [1.54, 1.807) is 4.90 Å². The Labute approximate surface area is 106 Å². The Hall–Kier alpha value is -1.26. The number of morpholine rings is 1. The van der Waals surface area contributed by atoms with Crippen molar-refractivity contribution >= 4 is 23.3 Å². The summed E-state index contributed by atoms with van der Waals surface area (Å²) >= 11 is 6.05. The van der Waals surface area contributed by atoms with Crippen LogP contribution < -0.4 is 5.32 Å². The third-order valence-corrected chi connectivity index (χ3v) is 2.98. The van der Waals surface area contributed by atoms with Gasteiger partial charge in [-0.05, 0) is 24.6 Å². The normalized spacial score (nSPS) is 15.8. The van der Waals surface area contributed by atoms with Crippen LogP contribution in [0.5, 0.6) is 0 Å². The predicted molar refractivity (Wildman–Crippen MR) is 67.6 cm³/mol. The molecule has 0 spiro atoms. The number of anilines is 1. The maximum Gasteiger partial charge on any atom is 0.322 e. The second-order valence-corrected chi connectivity index (χ2v) is 4.42. The van der Waals surface area contributed by atoms with Gasteiger partial charge in [0.25, 0.3) is 0 Å². The Balaban J connectivity index is 2.02. The number of nitrogens with one attached hydrogen (secondary N) is 1. The maximum absolute atomic E-state index is 11.9. The molecular formula is C12H15ClN2O2. The van der Waals surface area contributed by atoms with Gasteiger partial charge in [-0.3, -0.25) is 0 Å². The van der Waals surface area contributed by atoms with Crippen LogP contribution in [0.1, 0.15) is 5.56 Å². The first-order valence-corrected chi connectivity index (χ1v) is 5.94. The Kier molecular flexibility index (Phi) is 3.86. The number of hydrogen-bond donors (Lipinski definition) is 1. The van der Waals surface area contributed by atoms with Crippen molar-refractivity contribution in [2.45, 2.75) is 6.92 Å². The van der Waals surface area contributed by atoms with Gasteiger partial charge in [0.2, 0.25) is 0 Å². The maximum atomic E-state index is 11.9. The molecular weight excluding hydrogens is 240 g/mol. The van der Waals surface area contributed by atoms with Gasteiger partial charge in [-0.2, -0.15) is 0 Å². The van der Waals surface area contributed by atoms with E-state index >= 15 is 0 Å². The summed E-state index contributed by atoms with van der Waals surface area (Å²) in [6, 6.07) is 5.44. The number of aryl methyl sites for hydroxylation is 1. The summed E-state index contributed by atoms with van der Waals surface area (Å²) in [7, 11) is 0. The summed E-state index contributed by atoms with van der Waals surface area (Å²) in [6.07, 6.45) is 0. The zero-order valence-corrected chi connectivity index (χ0v) is 10.5. The summed E-state index contributed by atoms with van der Waals surface area (Å²) in [6.45, 7) is 4.38. The van der Waals surface area contributed by atoms with Crippen LogP contribution in [-0.4, -0.2) is 37.2 Å². The molecule has 1 aromatic carbocycles. The highest BCUT2D eigenvalue weighted by Gasteiger charge is 2.17. The number of urea groups is 1. The van der Waals surface area contributed by atoms with Crippen LogP contribution in [-0.2, 0) is 4.74 Å². The lowest BCUT2D eigenvalue weighted by molar-refractivity contribution is 0.0564. The van der Waals surface area contributed by atoms with E-state index in [2.05, 4.69) is 5.32 Å². The van der Waals surface area contributed by atoms with Crippen molar-refractivity contribution in [2.24, 2.45) is 0 Å². The first-order valence-electron chi connectivity index (χ1n) is 5.56. The van der Waals surface area contributed by atoms with E-state index in [0.717, 1.165) is 5.56 Å². The molecule has 0 atom stereocenters. The number of benzene rings is 1. The molecule has 1 fully saturated rings. The molecule has 0 radical (unpaired) electrons. The predicted octanol–water partition coefficient (Wildman–Crippen LogP) is 2.51. The average molecular weight is 255 g/mol.